The van der Waals surface area contributed by atoms with Crippen molar-refractivity contribution in [3.05, 3.63) is 23.8 Å². The van der Waals surface area contributed by atoms with E-state index in [2.05, 4.69) is 10.1 Å². The molecule has 1 aliphatic rings. The second-order valence-electron chi connectivity index (χ2n) is 4.07. The van der Waals surface area contributed by atoms with Crippen LogP contribution in [-0.2, 0) is 4.74 Å². The molecule has 1 heterocycles. The Morgan fingerprint density at radius 1 is 1.58 bits per heavy atom. The largest absolute Gasteiger partial charge is 0.504 e. The Labute approximate surface area is 108 Å². The van der Waals surface area contributed by atoms with Crippen LogP contribution in [0.25, 0.3) is 0 Å². The van der Waals surface area contributed by atoms with Gasteiger partial charge in [0.2, 0.25) is 0 Å². The number of cyclic esters (lactones) is 1. The minimum atomic E-state index is -3.23. The van der Waals surface area contributed by atoms with Crippen molar-refractivity contribution in [3.63, 3.8) is 0 Å². The number of nitrogens with one attached hydrogen (secondary N) is 1. The minimum absolute atomic E-state index is 0.0940. The number of hydrogen-bond donors (Lipinski definition) is 2. The van der Waals surface area contributed by atoms with E-state index in [1.165, 1.54) is 18.2 Å². The van der Waals surface area contributed by atoms with Gasteiger partial charge in [-0.05, 0) is 24.6 Å². The van der Waals surface area contributed by atoms with Crippen LogP contribution >= 0.6 is 0 Å². The summed E-state index contributed by atoms with van der Waals surface area (Å²) in [6.45, 7) is 1.01. The molecule has 1 saturated heterocycles. The maximum Gasteiger partial charge on any atom is 0.408 e. The van der Waals surface area contributed by atoms with Gasteiger partial charge in [-0.1, -0.05) is 6.07 Å². The third-order valence-electron chi connectivity index (χ3n) is 2.70. The monoisotopic (exact) mass is 273 g/mol. The number of phenols is 1. The highest BCUT2D eigenvalue weighted by Gasteiger charge is 2.46. The maximum absolute atomic E-state index is 13.7. The van der Waals surface area contributed by atoms with Crippen molar-refractivity contribution in [2.24, 2.45) is 0 Å². The number of rotatable bonds is 3. The average molecular weight is 273 g/mol. The fraction of sp³-hybridized carbons (Fsp3) is 0.417. The molecule has 2 rings (SSSR count). The van der Waals surface area contributed by atoms with Gasteiger partial charge in [0.05, 0.1) is 6.61 Å². The van der Waals surface area contributed by atoms with Crippen LogP contribution in [-0.4, -0.2) is 30.3 Å². The van der Waals surface area contributed by atoms with Gasteiger partial charge in [-0.15, -0.1) is 0 Å². The summed E-state index contributed by atoms with van der Waals surface area (Å²) >= 11 is 0. The van der Waals surface area contributed by atoms with Crippen molar-refractivity contribution >= 4 is 6.09 Å². The van der Waals surface area contributed by atoms with Crippen LogP contribution in [0, 0.1) is 0 Å². The molecule has 104 valence electrons. The van der Waals surface area contributed by atoms with E-state index in [0.29, 0.717) is 0 Å². The van der Waals surface area contributed by atoms with E-state index < -0.39 is 24.7 Å². The smallest absolute Gasteiger partial charge is 0.408 e. The Bertz CT molecular complexity index is 493. The van der Waals surface area contributed by atoms with E-state index in [1.807, 2.05) is 0 Å². The van der Waals surface area contributed by atoms with Crippen LogP contribution in [0.2, 0.25) is 0 Å². The van der Waals surface area contributed by atoms with Crippen LogP contribution in [0.15, 0.2) is 18.2 Å². The molecule has 19 heavy (non-hydrogen) atoms. The topological polar surface area (TPSA) is 67.8 Å². The van der Waals surface area contributed by atoms with Gasteiger partial charge in [0, 0.05) is 0 Å². The molecular formula is C12H13F2NO4. The number of alkyl halides is 2. The molecule has 2 N–H and O–H groups in total. The third kappa shape index (κ3) is 2.69. The van der Waals surface area contributed by atoms with Gasteiger partial charge in [0.1, 0.15) is 6.04 Å². The molecule has 0 unspecified atom stereocenters. The van der Waals surface area contributed by atoms with Gasteiger partial charge in [-0.25, -0.2) is 13.6 Å². The summed E-state index contributed by atoms with van der Waals surface area (Å²) in [5.41, 5.74) is 0.142. The van der Waals surface area contributed by atoms with Gasteiger partial charge in [0.25, 0.3) is 0 Å². The number of ether oxygens (including phenoxy) is 2. The summed E-state index contributed by atoms with van der Waals surface area (Å²) in [7, 11) is 0. The summed E-state index contributed by atoms with van der Waals surface area (Å²) in [5.74, 6) is -3.28. The molecule has 1 aliphatic heterocycles. The first-order valence-electron chi connectivity index (χ1n) is 5.71. The zero-order valence-electron chi connectivity index (χ0n) is 10.2. The second-order valence-corrected chi connectivity index (χ2v) is 4.07. The fourth-order valence-corrected chi connectivity index (χ4v) is 1.82. The predicted octanol–water partition coefficient (Wildman–Crippen LogP) is 2.21. The second kappa shape index (κ2) is 4.91. The Balaban J connectivity index is 2.34. The molecule has 1 amide bonds. The number of hydrogen-bond acceptors (Lipinski definition) is 4. The standard InChI is InChI=1S/C12H13F2NO4/c1-2-18-9-5-7(3-4-8(9)16)10-12(13,14)6-19-11(17)15-10/h3-5,10,16H,2,6H2,1H3,(H,15,17)/t10-/m1/s1. The van der Waals surface area contributed by atoms with Gasteiger partial charge in [0.15, 0.2) is 18.1 Å². The van der Waals surface area contributed by atoms with Crippen LogP contribution in [0.5, 0.6) is 11.5 Å². The van der Waals surface area contributed by atoms with E-state index in [1.54, 1.807) is 6.92 Å². The minimum Gasteiger partial charge on any atom is -0.504 e. The molecule has 1 aromatic rings. The van der Waals surface area contributed by atoms with Gasteiger partial charge in [-0.3, -0.25) is 0 Å². The molecule has 1 aromatic carbocycles. The number of alkyl carbamates (subject to hydrolysis) is 1. The first-order chi connectivity index (χ1) is 8.94. The molecular weight excluding hydrogens is 260 g/mol. The molecule has 0 aromatic heterocycles. The third-order valence-corrected chi connectivity index (χ3v) is 2.70. The number of amides is 1. The number of aromatic hydroxyl groups is 1. The number of carbonyl (C=O) groups is 1. The SMILES string of the molecule is CCOc1cc([C@H]2NC(=O)OCC2(F)F)ccc1O. The molecule has 7 heteroatoms. The van der Waals surface area contributed by atoms with Crippen LogP contribution in [0.3, 0.4) is 0 Å². The Hall–Kier alpha value is -2.05. The van der Waals surface area contributed by atoms with Gasteiger partial charge >= 0.3 is 12.0 Å². The van der Waals surface area contributed by atoms with E-state index >= 15 is 0 Å². The summed E-state index contributed by atoms with van der Waals surface area (Å²) in [6, 6.07) is 2.33. The normalized spacial score (nSPS) is 21.4. The fourth-order valence-electron chi connectivity index (χ4n) is 1.82. The van der Waals surface area contributed by atoms with Crippen LogP contribution in [0.4, 0.5) is 13.6 Å². The number of carbonyl (C=O) groups excluding carboxylic acids is 1. The lowest BCUT2D eigenvalue weighted by Gasteiger charge is -2.32. The summed E-state index contributed by atoms with van der Waals surface area (Å²) in [4.78, 5) is 11.1. The molecule has 5 nitrogen and oxygen atoms in total. The lowest BCUT2D eigenvalue weighted by atomic mass is 9.99. The van der Waals surface area contributed by atoms with E-state index in [4.69, 9.17) is 4.74 Å². The van der Waals surface area contributed by atoms with Crippen molar-refractivity contribution in [3.8, 4) is 11.5 Å². The first-order valence-corrected chi connectivity index (χ1v) is 5.71. The van der Waals surface area contributed by atoms with Crippen molar-refractivity contribution in [2.45, 2.75) is 18.9 Å². The van der Waals surface area contributed by atoms with Crippen LogP contribution < -0.4 is 10.1 Å². The summed E-state index contributed by atoms with van der Waals surface area (Å²) < 4.78 is 36.8. The van der Waals surface area contributed by atoms with E-state index in [0.717, 1.165) is 0 Å². The predicted molar refractivity (Wildman–Crippen MR) is 61.4 cm³/mol. The zero-order valence-corrected chi connectivity index (χ0v) is 10.2. The highest BCUT2D eigenvalue weighted by molar-refractivity contribution is 5.69. The molecule has 0 spiro atoms. The van der Waals surface area contributed by atoms with Crippen molar-refractivity contribution in [1.82, 2.24) is 5.32 Å². The number of benzene rings is 1. The van der Waals surface area contributed by atoms with E-state index in [9.17, 15) is 18.7 Å². The summed E-state index contributed by atoms with van der Waals surface area (Å²) in [5, 5.41) is 11.6. The average Bonchev–Trinajstić information content (AvgIpc) is 2.36. The summed E-state index contributed by atoms with van der Waals surface area (Å²) in [6.07, 6.45) is -0.901. The number of phenolic OH excluding ortho intramolecular Hbond substituents is 1. The Kier molecular flexibility index (Phi) is 3.46. The van der Waals surface area contributed by atoms with Crippen molar-refractivity contribution < 1.29 is 28.2 Å². The molecule has 0 saturated carbocycles. The van der Waals surface area contributed by atoms with E-state index in [-0.39, 0.29) is 23.7 Å². The highest BCUT2D eigenvalue weighted by atomic mass is 19.3. The molecule has 1 atom stereocenters. The highest BCUT2D eigenvalue weighted by Crippen LogP contribution is 2.37. The molecule has 1 fully saturated rings. The Morgan fingerprint density at radius 2 is 2.32 bits per heavy atom. The molecule has 0 aliphatic carbocycles. The molecule has 0 radical (unpaired) electrons. The van der Waals surface area contributed by atoms with Crippen LogP contribution in [0.1, 0.15) is 18.5 Å². The zero-order chi connectivity index (χ0) is 14.0. The van der Waals surface area contributed by atoms with Gasteiger partial charge < -0.3 is 19.9 Å². The maximum atomic E-state index is 13.7. The quantitative estimate of drug-likeness (QED) is 0.886. The van der Waals surface area contributed by atoms with Crippen molar-refractivity contribution in [1.29, 1.82) is 0 Å². The van der Waals surface area contributed by atoms with Gasteiger partial charge in [-0.2, -0.15) is 0 Å². The lowest BCUT2D eigenvalue weighted by molar-refractivity contribution is -0.104. The first kappa shape index (κ1) is 13.4. The Morgan fingerprint density at radius 3 is 3.00 bits per heavy atom. The molecule has 0 bridgehead atoms. The number of halogens is 2. The van der Waals surface area contributed by atoms with Crippen molar-refractivity contribution in [2.75, 3.05) is 13.2 Å². The lowest BCUT2D eigenvalue weighted by Crippen LogP contribution is -2.49.